The van der Waals surface area contributed by atoms with Crippen molar-refractivity contribution >= 4 is 34.0 Å². The normalized spacial score (nSPS) is 11.1. The molecule has 9 nitrogen and oxygen atoms in total. The molecule has 0 radical (unpaired) electrons. The van der Waals surface area contributed by atoms with Crippen LogP contribution in [0.1, 0.15) is 16.1 Å². The molecule has 0 saturated carbocycles. The molecule has 0 aliphatic heterocycles. The second-order valence-corrected chi connectivity index (χ2v) is 7.55. The van der Waals surface area contributed by atoms with E-state index in [1.807, 2.05) is 24.3 Å². The molecule has 3 aromatic heterocycles. The molecule has 0 saturated heterocycles. The van der Waals surface area contributed by atoms with E-state index in [0.29, 0.717) is 45.8 Å². The van der Waals surface area contributed by atoms with Crippen molar-refractivity contribution in [2.24, 2.45) is 0 Å². The molecule has 0 atom stereocenters. The standard InChI is InChI=1S/C23H19FN8O/c24-19-7-18-20(8-17(19)14-4-5-21(26)27-9-14)30-31-22(18)23(33)29-16-10-28-32(12-16)11-13-2-1-3-15(25)6-13/h1-10,12H,11,25H2,(H2,26,27)(H,29,33)(H,30,31). The number of anilines is 3. The van der Waals surface area contributed by atoms with E-state index in [0.717, 1.165) is 5.56 Å². The minimum Gasteiger partial charge on any atom is -0.399 e. The third kappa shape index (κ3) is 4.09. The van der Waals surface area contributed by atoms with Gasteiger partial charge in [-0.05, 0) is 42.0 Å². The number of rotatable bonds is 5. The van der Waals surface area contributed by atoms with Crippen LogP contribution in [0.25, 0.3) is 22.0 Å². The number of hydrogen-bond acceptors (Lipinski definition) is 6. The number of carbonyl (C=O) groups is 1. The molecule has 164 valence electrons. The highest BCUT2D eigenvalue weighted by Crippen LogP contribution is 2.28. The Hall–Kier alpha value is -4.73. The summed E-state index contributed by atoms with van der Waals surface area (Å²) in [6, 6.07) is 13.6. The van der Waals surface area contributed by atoms with Gasteiger partial charge in [0.25, 0.3) is 5.91 Å². The van der Waals surface area contributed by atoms with Gasteiger partial charge >= 0.3 is 0 Å². The Morgan fingerprint density at radius 1 is 1.12 bits per heavy atom. The molecule has 0 aliphatic rings. The average Bonchev–Trinajstić information content (AvgIpc) is 3.40. The summed E-state index contributed by atoms with van der Waals surface area (Å²) in [6.07, 6.45) is 4.72. The second kappa shape index (κ2) is 8.08. The summed E-state index contributed by atoms with van der Waals surface area (Å²) in [6.45, 7) is 0.500. The first-order valence-electron chi connectivity index (χ1n) is 10.0. The van der Waals surface area contributed by atoms with Crippen LogP contribution in [0.3, 0.4) is 0 Å². The fourth-order valence-corrected chi connectivity index (χ4v) is 3.58. The number of nitrogens with zero attached hydrogens (tertiary/aromatic N) is 4. The summed E-state index contributed by atoms with van der Waals surface area (Å²) in [7, 11) is 0. The number of halogens is 1. The first kappa shape index (κ1) is 20.2. The molecule has 0 unspecified atom stereocenters. The van der Waals surface area contributed by atoms with Crippen LogP contribution in [0.2, 0.25) is 0 Å². The van der Waals surface area contributed by atoms with Gasteiger partial charge in [-0.2, -0.15) is 10.2 Å². The van der Waals surface area contributed by atoms with Gasteiger partial charge in [0.15, 0.2) is 5.69 Å². The summed E-state index contributed by atoms with van der Waals surface area (Å²) < 4.78 is 16.5. The van der Waals surface area contributed by atoms with Gasteiger partial charge in [-0.1, -0.05) is 12.1 Å². The Bertz CT molecular complexity index is 1470. The number of aromatic nitrogens is 5. The first-order chi connectivity index (χ1) is 16.0. The summed E-state index contributed by atoms with van der Waals surface area (Å²) >= 11 is 0. The number of nitrogen functional groups attached to an aromatic ring is 2. The number of fused-ring (bicyclic) bond motifs is 1. The third-order valence-corrected chi connectivity index (χ3v) is 5.15. The Morgan fingerprint density at radius 2 is 2.00 bits per heavy atom. The molecule has 5 aromatic rings. The number of H-pyrrole nitrogens is 1. The third-order valence-electron chi connectivity index (χ3n) is 5.15. The van der Waals surface area contributed by atoms with Crippen LogP contribution in [0.4, 0.5) is 21.6 Å². The van der Waals surface area contributed by atoms with Gasteiger partial charge in [-0.25, -0.2) is 9.37 Å². The van der Waals surface area contributed by atoms with Crippen LogP contribution >= 0.6 is 0 Å². The van der Waals surface area contributed by atoms with E-state index < -0.39 is 11.7 Å². The van der Waals surface area contributed by atoms with Crippen LogP contribution in [0.5, 0.6) is 0 Å². The zero-order valence-corrected chi connectivity index (χ0v) is 17.3. The predicted molar refractivity (Wildman–Crippen MR) is 124 cm³/mol. The lowest BCUT2D eigenvalue weighted by atomic mass is 10.0. The number of benzene rings is 2. The van der Waals surface area contributed by atoms with Crippen LogP contribution < -0.4 is 16.8 Å². The lowest BCUT2D eigenvalue weighted by molar-refractivity contribution is 0.102. The average molecular weight is 442 g/mol. The molecule has 0 spiro atoms. The highest BCUT2D eigenvalue weighted by atomic mass is 19.1. The summed E-state index contributed by atoms with van der Waals surface area (Å²) in [5, 5.41) is 14.3. The minimum absolute atomic E-state index is 0.0782. The molecule has 2 aromatic carbocycles. The lowest BCUT2D eigenvalue weighted by Gasteiger charge is -2.05. The van der Waals surface area contributed by atoms with E-state index in [9.17, 15) is 9.18 Å². The lowest BCUT2D eigenvalue weighted by Crippen LogP contribution is -2.12. The van der Waals surface area contributed by atoms with Gasteiger partial charge in [0.2, 0.25) is 0 Å². The van der Waals surface area contributed by atoms with Crippen LogP contribution in [-0.4, -0.2) is 30.9 Å². The van der Waals surface area contributed by atoms with Crippen molar-refractivity contribution in [3.63, 3.8) is 0 Å². The fraction of sp³-hybridized carbons (Fsp3) is 0.0435. The zero-order chi connectivity index (χ0) is 22.9. The van der Waals surface area contributed by atoms with Gasteiger partial charge < -0.3 is 16.8 Å². The number of amides is 1. The van der Waals surface area contributed by atoms with Crippen LogP contribution in [0.15, 0.2) is 67.1 Å². The van der Waals surface area contributed by atoms with Gasteiger partial charge in [0.1, 0.15) is 11.6 Å². The highest BCUT2D eigenvalue weighted by molar-refractivity contribution is 6.11. The summed E-state index contributed by atoms with van der Waals surface area (Å²) in [5.41, 5.74) is 15.0. The fourth-order valence-electron chi connectivity index (χ4n) is 3.58. The summed E-state index contributed by atoms with van der Waals surface area (Å²) in [5.74, 6) is -0.637. The Morgan fingerprint density at radius 3 is 2.79 bits per heavy atom. The van der Waals surface area contributed by atoms with E-state index in [4.69, 9.17) is 11.5 Å². The molecule has 1 amide bonds. The second-order valence-electron chi connectivity index (χ2n) is 7.55. The zero-order valence-electron chi connectivity index (χ0n) is 17.3. The van der Waals surface area contributed by atoms with Crippen LogP contribution in [-0.2, 0) is 6.54 Å². The maximum Gasteiger partial charge on any atom is 0.276 e. The molecular formula is C23H19FN8O. The molecule has 33 heavy (non-hydrogen) atoms. The van der Waals surface area contributed by atoms with Crippen molar-refractivity contribution in [2.75, 3.05) is 16.8 Å². The number of hydrogen-bond donors (Lipinski definition) is 4. The maximum absolute atomic E-state index is 14.8. The van der Waals surface area contributed by atoms with Crippen molar-refractivity contribution in [3.05, 3.63) is 84.2 Å². The Kier molecular flexibility index (Phi) is 4.94. The first-order valence-corrected chi connectivity index (χ1v) is 10.0. The van der Waals surface area contributed by atoms with Crippen molar-refractivity contribution in [1.82, 2.24) is 25.0 Å². The molecule has 3 heterocycles. The van der Waals surface area contributed by atoms with E-state index in [1.165, 1.54) is 18.5 Å². The highest BCUT2D eigenvalue weighted by Gasteiger charge is 2.18. The Balaban J connectivity index is 1.36. The van der Waals surface area contributed by atoms with Gasteiger partial charge in [-0.15, -0.1) is 0 Å². The van der Waals surface area contributed by atoms with Crippen molar-refractivity contribution in [1.29, 1.82) is 0 Å². The van der Waals surface area contributed by atoms with E-state index in [-0.39, 0.29) is 5.69 Å². The molecule has 10 heteroatoms. The quantitative estimate of drug-likeness (QED) is 0.307. The molecular weight excluding hydrogens is 423 g/mol. The SMILES string of the molecule is Nc1cccc(Cn2cc(NC(=O)c3n[nH]c4cc(-c5ccc(N)nc5)c(F)cc34)cn2)c1. The number of aromatic amines is 1. The smallest absolute Gasteiger partial charge is 0.276 e. The topological polar surface area (TPSA) is 141 Å². The van der Waals surface area contributed by atoms with E-state index in [2.05, 4.69) is 25.6 Å². The van der Waals surface area contributed by atoms with Crippen molar-refractivity contribution in [2.45, 2.75) is 6.54 Å². The minimum atomic E-state index is -0.500. The largest absolute Gasteiger partial charge is 0.399 e. The molecule has 6 N–H and O–H groups in total. The van der Waals surface area contributed by atoms with Gasteiger partial charge in [0.05, 0.1) is 23.9 Å². The molecule has 0 aliphatic carbocycles. The van der Waals surface area contributed by atoms with E-state index in [1.54, 1.807) is 29.1 Å². The monoisotopic (exact) mass is 442 g/mol. The van der Waals surface area contributed by atoms with Crippen molar-refractivity contribution < 1.29 is 9.18 Å². The molecule has 5 rings (SSSR count). The van der Waals surface area contributed by atoms with E-state index >= 15 is 0 Å². The van der Waals surface area contributed by atoms with Gasteiger partial charge in [-0.3, -0.25) is 14.6 Å². The van der Waals surface area contributed by atoms with Crippen molar-refractivity contribution in [3.8, 4) is 11.1 Å². The molecule has 0 fully saturated rings. The maximum atomic E-state index is 14.8. The number of nitrogens with one attached hydrogen (secondary N) is 2. The number of nitrogens with two attached hydrogens (primary N) is 2. The Labute approximate surface area is 187 Å². The molecule has 0 bridgehead atoms. The number of pyridine rings is 1. The number of carbonyl (C=O) groups excluding carboxylic acids is 1. The summed E-state index contributed by atoms with van der Waals surface area (Å²) in [4.78, 5) is 16.8. The van der Waals surface area contributed by atoms with Gasteiger partial charge in [0, 0.05) is 34.6 Å². The van der Waals surface area contributed by atoms with Crippen LogP contribution in [0, 0.1) is 5.82 Å². The predicted octanol–water partition coefficient (Wildman–Crippen LogP) is 3.43.